The van der Waals surface area contributed by atoms with Crippen molar-refractivity contribution in [2.75, 3.05) is 0 Å². The molecule has 0 saturated heterocycles. The fraction of sp³-hybridized carbons (Fsp3) is 0.438. The molecule has 0 amide bonds. The molecule has 1 aromatic heterocycles. The van der Waals surface area contributed by atoms with E-state index in [0.29, 0.717) is 0 Å². The number of nitrogens with zero attached hydrogens (tertiary/aromatic N) is 2. The summed E-state index contributed by atoms with van der Waals surface area (Å²) in [6, 6.07) is 6.55. The maximum Gasteiger partial charge on any atom is 0.105 e. The van der Waals surface area contributed by atoms with Gasteiger partial charge >= 0.3 is 0 Å². The van der Waals surface area contributed by atoms with Crippen molar-refractivity contribution in [3.63, 3.8) is 0 Å². The number of hydrogen-bond acceptors (Lipinski definition) is 1. The molecule has 0 aliphatic rings. The van der Waals surface area contributed by atoms with Gasteiger partial charge in [-0.25, -0.2) is 4.98 Å². The van der Waals surface area contributed by atoms with E-state index in [4.69, 9.17) is 0 Å². The van der Waals surface area contributed by atoms with Crippen LogP contribution in [0.1, 0.15) is 34.6 Å². The van der Waals surface area contributed by atoms with E-state index in [2.05, 4.69) is 55.6 Å². The van der Waals surface area contributed by atoms with Crippen molar-refractivity contribution >= 4 is 0 Å². The van der Waals surface area contributed by atoms with Gasteiger partial charge in [-0.3, -0.25) is 0 Å². The molecule has 0 fully saturated rings. The summed E-state index contributed by atoms with van der Waals surface area (Å²) in [5, 5.41) is 0. The smallest absolute Gasteiger partial charge is 0.105 e. The minimum Gasteiger partial charge on any atom is -0.335 e. The molecule has 0 unspecified atom stereocenters. The highest BCUT2D eigenvalue weighted by atomic mass is 15.0. The van der Waals surface area contributed by atoms with Gasteiger partial charge in [-0.1, -0.05) is 18.2 Å². The van der Waals surface area contributed by atoms with Gasteiger partial charge in [-0.15, -0.1) is 0 Å². The highest BCUT2D eigenvalue weighted by Gasteiger charge is 2.05. The minimum atomic E-state index is 1.09. The molecule has 2 rings (SSSR count). The van der Waals surface area contributed by atoms with E-state index in [1.54, 1.807) is 0 Å². The molecule has 96 valence electrons. The summed E-state index contributed by atoms with van der Waals surface area (Å²) < 4.78 is 2.19. The fourth-order valence-corrected chi connectivity index (χ4v) is 2.47. The Morgan fingerprint density at radius 1 is 1.06 bits per heavy atom. The molecule has 2 aromatic rings. The minimum absolute atomic E-state index is 1.09. The number of rotatable bonds is 4. The van der Waals surface area contributed by atoms with Gasteiger partial charge in [0.25, 0.3) is 0 Å². The number of benzene rings is 1. The molecule has 0 N–H and O–H groups in total. The molecule has 0 spiro atoms. The third-order valence-electron chi connectivity index (χ3n) is 3.82. The molecule has 1 heterocycles. The van der Waals surface area contributed by atoms with Crippen molar-refractivity contribution in [1.29, 1.82) is 0 Å². The average Bonchev–Trinajstić information content (AvgIpc) is 2.65. The standard InChI is InChI=1S/C16H22N2/c1-12-7-5-8-13(2)16(12)10-6-9-15-11-17-14(3)18(15)4/h5,7-8,11H,6,9-10H2,1-4H3. The Kier molecular flexibility index (Phi) is 3.85. The first-order valence-electron chi connectivity index (χ1n) is 6.62. The van der Waals surface area contributed by atoms with Crippen LogP contribution in [0.15, 0.2) is 24.4 Å². The van der Waals surface area contributed by atoms with Crippen molar-refractivity contribution in [2.45, 2.75) is 40.0 Å². The third-order valence-corrected chi connectivity index (χ3v) is 3.82. The second-order valence-electron chi connectivity index (χ2n) is 5.08. The van der Waals surface area contributed by atoms with Crippen molar-refractivity contribution in [3.05, 3.63) is 52.6 Å². The fourth-order valence-electron chi connectivity index (χ4n) is 2.47. The summed E-state index contributed by atoms with van der Waals surface area (Å²) in [4.78, 5) is 4.34. The molecule has 18 heavy (non-hydrogen) atoms. The molecule has 2 heteroatoms. The second-order valence-corrected chi connectivity index (χ2v) is 5.08. The largest absolute Gasteiger partial charge is 0.335 e. The van der Waals surface area contributed by atoms with Gasteiger partial charge in [0.05, 0.1) is 0 Å². The van der Waals surface area contributed by atoms with E-state index < -0.39 is 0 Å². The lowest BCUT2D eigenvalue weighted by Crippen LogP contribution is -2.00. The van der Waals surface area contributed by atoms with Crippen LogP contribution in [0, 0.1) is 20.8 Å². The van der Waals surface area contributed by atoms with Crippen LogP contribution in [0.2, 0.25) is 0 Å². The normalized spacial score (nSPS) is 10.9. The van der Waals surface area contributed by atoms with Gasteiger partial charge in [0.2, 0.25) is 0 Å². The van der Waals surface area contributed by atoms with Crippen molar-refractivity contribution in [1.82, 2.24) is 9.55 Å². The average molecular weight is 242 g/mol. The highest BCUT2D eigenvalue weighted by molar-refractivity contribution is 5.33. The van der Waals surface area contributed by atoms with E-state index in [0.717, 1.165) is 18.7 Å². The van der Waals surface area contributed by atoms with Crippen LogP contribution < -0.4 is 0 Å². The van der Waals surface area contributed by atoms with Gasteiger partial charge in [0, 0.05) is 18.9 Å². The predicted molar refractivity (Wildman–Crippen MR) is 75.9 cm³/mol. The lowest BCUT2D eigenvalue weighted by atomic mass is 9.97. The van der Waals surface area contributed by atoms with Gasteiger partial charge in [-0.05, 0) is 56.7 Å². The van der Waals surface area contributed by atoms with Crippen LogP contribution >= 0.6 is 0 Å². The lowest BCUT2D eigenvalue weighted by molar-refractivity contribution is 0.729. The second kappa shape index (κ2) is 5.38. The highest BCUT2D eigenvalue weighted by Crippen LogP contribution is 2.16. The van der Waals surface area contributed by atoms with E-state index in [1.807, 2.05) is 6.20 Å². The summed E-state index contributed by atoms with van der Waals surface area (Å²) in [6.45, 7) is 6.46. The Morgan fingerprint density at radius 2 is 1.72 bits per heavy atom. The lowest BCUT2D eigenvalue weighted by Gasteiger charge is -2.09. The van der Waals surface area contributed by atoms with Crippen molar-refractivity contribution < 1.29 is 0 Å². The molecule has 0 aliphatic carbocycles. The first kappa shape index (κ1) is 12.9. The van der Waals surface area contributed by atoms with Gasteiger partial charge in [-0.2, -0.15) is 0 Å². The van der Waals surface area contributed by atoms with Crippen LogP contribution in [0.25, 0.3) is 0 Å². The van der Waals surface area contributed by atoms with E-state index in [9.17, 15) is 0 Å². The Balaban J connectivity index is 1.99. The van der Waals surface area contributed by atoms with E-state index >= 15 is 0 Å². The SMILES string of the molecule is Cc1cccc(C)c1CCCc1cnc(C)n1C. The Hall–Kier alpha value is -1.57. The Morgan fingerprint density at radius 3 is 2.28 bits per heavy atom. The molecule has 0 atom stereocenters. The van der Waals surface area contributed by atoms with Crippen LogP contribution in [-0.2, 0) is 19.9 Å². The predicted octanol–water partition coefficient (Wildman–Crippen LogP) is 3.52. The van der Waals surface area contributed by atoms with Crippen LogP contribution in [0.5, 0.6) is 0 Å². The molecule has 0 radical (unpaired) electrons. The number of aromatic nitrogens is 2. The number of hydrogen-bond donors (Lipinski definition) is 0. The maximum absolute atomic E-state index is 4.34. The zero-order valence-corrected chi connectivity index (χ0v) is 11.8. The van der Waals surface area contributed by atoms with Crippen LogP contribution in [0.3, 0.4) is 0 Å². The topological polar surface area (TPSA) is 17.8 Å². The summed E-state index contributed by atoms with van der Waals surface area (Å²) >= 11 is 0. The summed E-state index contributed by atoms with van der Waals surface area (Å²) in [6.07, 6.45) is 5.44. The molecular weight excluding hydrogens is 220 g/mol. The molecule has 2 nitrogen and oxygen atoms in total. The molecule has 0 bridgehead atoms. The monoisotopic (exact) mass is 242 g/mol. The summed E-state index contributed by atoms with van der Waals surface area (Å²) in [7, 11) is 2.09. The Bertz CT molecular complexity index is 518. The third kappa shape index (κ3) is 2.63. The van der Waals surface area contributed by atoms with Gasteiger partial charge < -0.3 is 4.57 Å². The molecular formula is C16H22N2. The first-order chi connectivity index (χ1) is 8.59. The molecule has 1 aromatic carbocycles. The van der Waals surface area contributed by atoms with Crippen molar-refractivity contribution in [2.24, 2.45) is 7.05 Å². The van der Waals surface area contributed by atoms with E-state index in [1.165, 1.54) is 28.8 Å². The van der Waals surface area contributed by atoms with Crippen LogP contribution in [-0.4, -0.2) is 9.55 Å². The first-order valence-corrected chi connectivity index (χ1v) is 6.62. The zero-order chi connectivity index (χ0) is 13.1. The quantitative estimate of drug-likeness (QED) is 0.802. The molecule has 0 saturated carbocycles. The van der Waals surface area contributed by atoms with Crippen LogP contribution in [0.4, 0.5) is 0 Å². The number of imidazole rings is 1. The summed E-state index contributed by atoms with van der Waals surface area (Å²) in [5.74, 6) is 1.09. The molecule has 0 aliphatic heterocycles. The van der Waals surface area contributed by atoms with E-state index in [-0.39, 0.29) is 0 Å². The van der Waals surface area contributed by atoms with Crippen molar-refractivity contribution in [3.8, 4) is 0 Å². The Labute approximate surface area is 110 Å². The zero-order valence-electron chi connectivity index (χ0n) is 11.8. The number of aryl methyl sites for hydroxylation is 4. The van der Waals surface area contributed by atoms with Gasteiger partial charge in [0.15, 0.2) is 0 Å². The summed E-state index contributed by atoms with van der Waals surface area (Å²) in [5.41, 5.74) is 5.67. The maximum atomic E-state index is 4.34. The van der Waals surface area contributed by atoms with Gasteiger partial charge in [0.1, 0.15) is 5.82 Å².